The summed E-state index contributed by atoms with van der Waals surface area (Å²) in [7, 11) is -3.98. The van der Waals surface area contributed by atoms with Gasteiger partial charge in [-0.1, -0.05) is 12.2 Å². The van der Waals surface area contributed by atoms with Gasteiger partial charge in [0.05, 0.1) is 9.79 Å². The fraction of sp³-hybridized carbons (Fsp3) is 0.357. The molecule has 2 aromatic rings. The number of allylic oxidation sites excluding steroid dienone is 2. The molecule has 0 amide bonds. The summed E-state index contributed by atoms with van der Waals surface area (Å²) in [5.74, 6) is 0.336. The van der Waals surface area contributed by atoms with E-state index >= 15 is 0 Å². The van der Waals surface area contributed by atoms with Crippen LogP contribution in [-0.2, 0) is 32.2 Å². The van der Waals surface area contributed by atoms with Gasteiger partial charge in [-0.2, -0.15) is 0 Å². The van der Waals surface area contributed by atoms with Crippen LogP contribution in [0, 0.1) is 0 Å². The smallest absolute Gasteiger partial charge is 0.428 e. The molecule has 0 aliphatic rings. The van der Waals surface area contributed by atoms with Crippen molar-refractivity contribution in [3.05, 3.63) is 72.8 Å². The Morgan fingerprint density at radius 1 is 0.730 bits per heavy atom. The Hall–Kier alpha value is -3.59. The van der Waals surface area contributed by atoms with Crippen LogP contribution < -0.4 is 9.47 Å². The van der Waals surface area contributed by atoms with E-state index in [1.54, 1.807) is 53.7 Å². The van der Waals surface area contributed by atoms with Gasteiger partial charge >= 0.3 is 12.3 Å². The molecule has 0 atom stereocenters. The van der Waals surface area contributed by atoms with Crippen molar-refractivity contribution in [3.8, 4) is 11.5 Å². The van der Waals surface area contributed by atoms with Crippen LogP contribution >= 0.6 is 0 Å². The highest BCUT2D eigenvalue weighted by Crippen LogP contribution is 2.31. The molecule has 0 fully saturated rings. The van der Waals surface area contributed by atoms with Crippen LogP contribution in [0.15, 0.2) is 71.5 Å². The van der Waals surface area contributed by atoms with E-state index in [1.807, 2.05) is 0 Å². The van der Waals surface area contributed by atoms with E-state index in [0.29, 0.717) is 11.1 Å². The van der Waals surface area contributed by atoms with Crippen LogP contribution in [0.5, 0.6) is 11.5 Å². The van der Waals surface area contributed by atoms with Gasteiger partial charge in [0.1, 0.15) is 22.7 Å². The number of sulfone groups is 1. The summed E-state index contributed by atoms with van der Waals surface area (Å²) in [6.45, 7) is 17.6. The number of ether oxygens (including phenoxy) is 4. The molecule has 0 aromatic heterocycles. The Morgan fingerprint density at radius 3 is 1.38 bits per heavy atom. The molecule has 37 heavy (non-hydrogen) atoms. The van der Waals surface area contributed by atoms with Gasteiger partial charge in [-0.25, -0.2) is 18.0 Å². The van der Waals surface area contributed by atoms with Crippen molar-refractivity contribution in [3.63, 3.8) is 0 Å². The summed E-state index contributed by atoms with van der Waals surface area (Å²) < 4.78 is 47.9. The molecule has 0 spiro atoms. The lowest BCUT2D eigenvalue weighted by molar-refractivity contribution is 0.0191. The fourth-order valence-electron chi connectivity index (χ4n) is 3.13. The lowest BCUT2D eigenvalue weighted by Gasteiger charge is -2.20. The second-order valence-corrected chi connectivity index (χ2v) is 12.1. The number of hydrogen-bond donors (Lipinski definition) is 0. The molecule has 0 unspecified atom stereocenters. The first kappa shape index (κ1) is 29.6. The Labute approximate surface area is 218 Å². The van der Waals surface area contributed by atoms with Gasteiger partial charge in [0.15, 0.2) is 0 Å². The van der Waals surface area contributed by atoms with Crippen LogP contribution in [0.25, 0.3) is 0 Å². The Bertz CT molecular complexity index is 1180. The third-order valence-electron chi connectivity index (χ3n) is 4.58. The predicted molar refractivity (Wildman–Crippen MR) is 140 cm³/mol. The van der Waals surface area contributed by atoms with E-state index in [2.05, 4.69) is 13.2 Å². The van der Waals surface area contributed by atoms with Crippen molar-refractivity contribution in [2.45, 2.75) is 75.4 Å². The van der Waals surface area contributed by atoms with E-state index in [0.717, 1.165) is 0 Å². The second kappa shape index (κ2) is 11.6. The SMILES string of the molecule is C=CCc1cc(S(=O)(=O)c2ccc(OC(=O)OC(C)(C)C)c(CC=C)c2)ccc1OC(=O)OC(C)(C)C. The standard InChI is InChI=1S/C28H34O8S/c1-9-11-19-17-21(13-15-23(19)33-25(29)35-27(3,4)5)37(31,32)22-14-16-24(20(18-22)12-10-2)34-26(30)36-28(6,7)8/h9-10,13-18H,1-2,11-12H2,3-8H3. The zero-order valence-corrected chi connectivity index (χ0v) is 22.9. The molecule has 2 rings (SSSR count). The average Bonchev–Trinajstić information content (AvgIpc) is 2.73. The topological polar surface area (TPSA) is 105 Å². The zero-order chi connectivity index (χ0) is 28.0. The molecule has 0 aliphatic heterocycles. The maximum absolute atomic E-state index is 13.5. The van der Waals surface area contributed by atoms with Crippen LogP contribution in [0.4, 0.5) is 9.59 Å². The maximum atomic E-state index is 13.5. The van der Waals surface area contributed by atoms with Crippen LogP contribution in [0.3, 0.4) is 0 Å². The monoisotopic (exact) mass is 530 g/mol. The van der Waals surface area contributed by atoms with Gasteiger partial charge in [-0.05, 0) is 90.8 Å². The van der Waals surface area contributed by atoms with E-state index in [9.17, 15) is 18.0 Å². The van der Waals surface area contributed by atoms with Crippen molar-refractivity contribution in [2.75, 3.05) is 0 Å². The van der Waals surface area contributed by atoms with Crippen molar-refractivity contribution in [1.82, 2.24) is 0 Å². The minimum absolute atomic E-state index is 0.00810. The second-order valence-electron chi connectivity index (χ2n) is 10.2. The first-order valence-electron chi connectivity index (χ1n) is 11.6. The molecule has 8 nitrogen and oxygen atoms in total. The molecule has 0 saturated carbocycles. The van der Waals surface area contributed by atoms with Crippen molar-refractivity contribution >= 4 is 22.1 Å². The van der Waals surface area contributed by atoms with Crippen molar-refractivity contribution in [1.29, 1.82) is 0 Å². The van der Waals surface area contributed by atoms with E-state index in [-0.39, 0.29) is 34.1 Å². The third kappa shape index (κ3) is 8.78. The Kier molecular flexibility index (Phi) is 9.33. The van der Waals surface area contributed by atoms with E-state index in [4.69, 9.17) is 18.9 Å². The van der Waals surface area contributed by atoms with Crippen LogP contribution in [0.2, 0.25) is 0 Å². The molecule has 9 heteroatoms. The van der Waals surface area contributed by atoms with Gasteiger partial charge in [0.25, 0.3) is 0 Å². The predicted octanol–water partition coefficient (Wildman–Crippen LogP) is 6.60. The molecule has 200 valence electrons. The normalized spacial score (nSPS) is 11.8. The van der Waals surface area contributed by atoms with E-state index in [1.165, 1.54) is 36.4 Å². The van der Waals surface area contributed by atoms with E-state index < -0.39 is 33.4 Å². The number of rotatable bonds is 8. The Morgan fingerprint density at radius 2 is 1.08 bits per heavy atom. The summed E-state index contributed by atoms with van der Waals surface area (Å²) in [4.78, 5) is 24.2. The number of benzene rings is 2. The highest BCUT2D eigenvalue weighted by molar-refractivity contribution is 7.91. The quantitative estimate of drug-likeness (QED) is 0.213. The minimum atomic E-state index is -3.98. The molecule has 0 heterocycles. The highest BCUT2D eigenvalue weighted by Gasteiger charge is 2.24. The number of carbonyl (C=O) groups excluding carboxylic acids is 2. The van der Waals surface area contributed by atoms with Gasteiger partial charge in [0.2, 0.25) is 9.84 Å². The molecular weight excluding hydrogens is 496 g/mol. The average molecular weight is 531 g/mol. The summed E-state index contributed by atoms with van der Waals surface area (Å²) in [6.07, 6.45) is 1.85. The summed E-state index contributed by atoms with van der Waals surface area (Å²) in [5.41, 5.74) is -0.612. The van der Waals surface area contributed by atoms with Crippen LogP contribution in [0.1, 0.15) is 52.7 Å². The maximum Gasteiger partial charge on any atom is 0.514 e. The molecule has 0 bridgehead atoms. The Balaban J connectivity index is 2.42. The van der Waals surface area contributed by atoms with Gasteiger partial charge in [-0.3, -0.25) is 0 Å². The number of hydrogen-bond acceptors (Lipinski definition) is 8. The molecule has 0 aliphatic carbocycles. The number of carbonyl (C=O) groups is 2. The molecule has 2 aromatic carbocycles. The van der Waals surface area contributed by atoms with Crippen molar-refractivity contribution < 1.29 is 37.0 Å². The zero-order valence-electron chi connectivity index (χ0n) is 22.1. The molecule has 0 saturated heterocycles. The highest BCUT2D eigenvalue weighted by atomic mass is 32.2. The molecular formula is C28H34O8S. The molecule has 0 radical (unpaired) electrons. The first-order valence-corrected chi connectivity index (χ1v) is 13.1. The lowest BCUT2D eigenvalue weighted by Crippen LogP contribution is -2.26. The first-order chi connectivity index (χ1) is 17.1. The van der Waals surface area contributed by atoms with Gasteiger partial charge in [0, 0.05) is 11.1 Å². The largest absolute Gasteiger partial charge is 0.514 e. The minimum Gasteiger partial charge on any atom is -0.428 e. The molecule has 0 N–H and O–H groups in total. The fourth-order valence-corrected chi connectivity index (χ4v) is 4.49. The summed E-state index contributed by atoms with van der Waals surface area (Å²) in [5, 5.41) is 0. The third-order valence-corrected chi connectivity index (χ3v) is 6.33. The van der Waals surface area contributed by atoms with Crippen molar-refractivity contribution in [2.24, 2.45) is 0 Å². The lowest BCUT2D eigenvalue weighted by atomic mass is 10.1. The van der Waals surface area contributed by atoms with Crippen LogP contribution in [-0.4, -0.2) is 31.9 Å². The summed E-state index contributed by atoms with van der Waals surface area (Å²) >= 11 is 0. The van der Waals surface area contributed by atoms with Gasteiger partial charge in [-0.15, -0.1) is 13.2 Å². The summed E-state index contributed by atoms with van der Waals surface area (Å²) in [6, 6.07) is 8.35. The van der Waals surface area contributed by atoms with Gasteiger partial charge < -0.3 is 18.9 Å².